The molecule has 2 rings (SSSR count). The average Bonchev–Trinajstić information content (AvgIpc) is 2.83. The SMILES string of the molecule is CCc1nc(-c2sc(CN)nc2C)n[nH]1. The fraction of sp³-hybridized carbons (Fsp3) is 0.444. The Hall–Kier alpha value is -1.27. The summed E-state index contributed by atoms with van der Waals surface area (Å²) >= 11 is 1.56. The lowest BCUT2D eigenvalue weighted by Crippen LogP contribution is -1.94. The zero-order valence-corrected chi connectivity index (χ0v) is 9.56. The van der Waals surface area contributed by atoms with Crippen LogP contribution in [0.5, 0.6) is 0 Å². The van der Waals surface area contributed by atoms with Crippen molar-refractivity contribution in [3.05, 3.63) is 16.5 Å². The van der Waals surface area contributed by atoms with Gasteiger partial charge in [-0.15, -0.1) is 11.3 Å². The van der Waals surface area contributed by atoms with E-state index in [0.29, 0.717) is 6.54 Å². The van der Waals surface area contributed by atoms with Gasteiger partial charge in [-0.05, 0) is 6.92 Å². The third-order valence-electron chi connectivity index (χ3n) is 2.09. The van der Waals surface area contributed by atoms with Gasteiger partial charge in [0.2, 0.25) is 0 Å². The van der Waals surface area contributed by atoms with E-state index in [1.165, 1.54) is 0 Å². The van der Waals surface area contributed by atoms with Crippen molar-refractivity contribution in [2.75, 3.05) is 0 Å². The molecule has 0 aromatic carbocycles. The molecule has 0 saturated carbocycles. The van der Waals surface area contributed by atoms with Gasteiger partial charge >= 0.3 is 0 Å². The number of H-pyrrole nitrogens is 1. The van der Waals surface area contributed by atoms with Gasteiger partial charge in [-0.1, -0.05) is 6.92 Å². The van der Waals surface area contributed by atoms with Crippen molar-refractivity contribution in [2.45, 2.75) is 26.8 Å². The second-order valence-electron chi connectivity index (χ2n) is 3.19. The largest absolute Gasteiger partial charge is 0.325 e. The Morgan fingerprint density at radius 3 is 2.73 bits per heavy atom. The highest BCUT2D eigenvalue weighted by Gasteiger charge is 2.12. The molecule has 2 heterocycles. The Bertz CT molecular complexity index is 459. The minimum Gasteiger partial charge on any atom is -0.325 e. The Balaban J connectivity index is 2.39. The highest BCUT2D eigenvalue weighted by Crippen LogP contribution is 2.26. The van der Waals surface area contributed by atoms with E-state index in [4.69, 9.17) is 5.73 Å². The fourth-order valence-corrected chi connectivity index (χ4v) is 2.18. The molecule has 0 amide bonds. The summed E-state index contributed by atoms with van der Waals surface area (Å²) in [5.74, 6) is 1.62. The molecule has 0 aliphatic heterocycles. The molecule has 0 unspecified atom stereocenters. The van der Waals surface area contributed by atoms with Gasteiger partial charge in [0, 0.05) is 13.0 Å². The van der Waals surface area contributed by atoms with Crippen LogP contribution in [0.1, 0.15) is 23.4 Å². The molecule has 3 N–H and O–H groups in total. The Labute approximate surface area is 91.8 Å². The number of aryl methyl sites for hydroxylation is 2. The molecule has 0 spiro atoms. The van der Waals surface area contributed by atoms with Crippen LogP contribution >= 0.6 is 11.3 Å². The number of nitrogens with one attached hydrogen (secondary N) is 1. The van der Waals surface area contributed by atoms with Crippen LogP contribution in [0.4, 0.5) is 0 Å². The third kappa shape index (κ3) is 1.91. The highest BCUT2D eigenvalue weighted by molar-refractivity contribution is 7.15. The van der Waals surface area contributed by atoms with Gasteiger partial charge < -0.3 is 5.73 Å². The molecule has 5 nitrogen and oxygen atoms in total. The fourth-order valence-electron chi connectivity index (χ4n) is 1.30. The van der Waals surface area contributed by atoms with Gasteiger partial charge in [0.15, 0.2) is 5.82 Å². The van der Waals surface area contributed by atoms with Crippen molar-refractivity contribution in [2.24, 2.45) is 5.73 Å². The third-order valence-corrected chi connectivity index (χ3v) is 3.26. The summed E-state index contributed by atoms with van der Waals surface area (Å²) in [6, 6.07) is 0. The standard InChI is InChI=1S/C9H13N5S/c1-3-6-12-9(14-13-6)8-5(2)11-7(4-10)15-8/h3-4,10H2,1-2H3,(H,12,13,14). The number of aromatic amines is 1. The van der Waals surface area contributed by atoms with Gasteiger partial charge in [-0.2, -0.15) is 5.10 Å². The molecule has 15 heavy (non-hydrogen) atoms. The van der Waals surface area contributed by atoms with E-state index in [9.17, 15) is 0 Å². The Kier molecular flexibility index (Phi) is 2.79. The smallest absolute Gasteiger partial charge is 0.193 e. The molecule has 6 heteroatoms. The lowest BCUT2D eigenvalue weighted by molar-refractivity contribution is 0.946. The summed E-state index contributed by atoms with van der Waals surface area (Å²) in [5, 5.41) is 7.98. The van der Waals surface area contributed by atoms with Gasteiger partial charge in [-0.25, -0.2) is 9.97 Å². The molecule has 0 radical (unpaired) electrons. The number of aromatic nitrogens is 4. The van der Waals surface area contributed by atoms with Crippen LogP contribution in [0.25, 0.3) is 10.7 Å². The second-order valence-corrected chi connectivity index (χ2v) is 4.27. The quantitative estimate of drug-likeness (QED) is 0.820. The van der Waals surface area contributed by atoms with E-state index < -0.39 is 0 Å². The van der Waals surface area contributed by atoms with Crippen LogP contribution in [-0.4, -0.2) is 20.2 Å². The van der Waals surface area contributed by atoms with Crippen LogP contribution in [-0.2, 0) is 13.0 Å². The van der Waals surface area contributed by atoms with Crippen molar-refractivity contribution >= 4 is 11.3 Å². The maximum absolute atomic E-state index is 5.54. The van der Waals surface area contributed by atoms with Crippen LogP contribution in [0.15, 0.2) is 0 Å². The maximum Gasteiger partial charge on any atom is 0.193 e. The Morgan fingerprint density at radius 2 is 2.20 bits per heavy atom. The van der Waals surface area contributed by atoms with Crippen molar-refractivity contribution < 1.29 is 0 Å². The Morgan fingerprint density at radius 1 is 1.40 bits per heavy atom. The molecular formula is C9H13N5S. The first kappa shape index (κ1) is 10.3. The first-order chi connectivity index (χ1) is 7.24. The predicted molar refractivity (Wildman–Crippen MR) is 59.5 cm³/mol. The highest BCUT2D eigenvalue weighted by atomic mass is 32.1. The first-order valence-corrected chi connectivity index (χ1v) is 5.64. The molecule has 0 aliphatic rings. The van der Waals surface area contributed by atoms with Crippen molar-refractivity contribution in [3.63, 3.8) is 0 Å². The van der Waals surface area contributed by atoms with Gasteiger partial charge in [-0.3, -0.25) is 5.10 Å². The maximum atomic E-state index is 5.54. The minimum absolute atomic E-state index is 0.469. The number of rotatable bonds is 3. The van der Waals surface area contributed by atoms with Gasteiger partial charge in [0.25, 0.3) is 0 Å². The van der Waals surface area contributed by atoms with Crippen LogP contribution < -0.4 is 5.73 Å². The van der Waals surface area contributed by atoms with Crippen LogP contribution in [0.3, 0.4) is 0 Å². The van der Waals surface area contributed by atoms with E-state index in [2.05, 4.69) is 20.2 Å². The number of nitrogens with two attached hydrogens (primary N) is 1. The molecule has 0 fully saturated rings. The monoisotopic (exact) mass is 223 g/mol. The van der Waals surface area contributed by atoms with E-state index >= 15 is 0 Å². The first-order valence-electron chi connectivity index (χ1n) is 4.82. The lowest BCUT2D eigenvalue weighted by Gasteiger charge is -1.88. The van der Waals surface area contributed by atoms with E-state index in [1.807, 2.05) is 13.8 Å². The van der Waals surface area contributed by atoms with Crippen molar-refractivity contribution in [1.29, 1.82) is 0 Å². The molecule has 0 bridgehead atoms. The normalized spacial score (nSPS) is 10.9. The summed E-state index contributed by atoms with van der Waals surface area (Å²) in [5.41, 5.74) is 6.49. The minimum atomic E-state index is 0.469. The molecule has 2 aromatic heterocycles. The van der Waals surface area contributed by atoms with Crippen molar-refractivity contribution in [3.8, 4) is 10.7 Å². The summed E-state index contributed by atoms with van der Waals surface area (Å²) in [6.07, 6.45) is 0.856. The summed E-state index contributed by atoms with van der Waals surface area (Å²) in [7, 11) is 0. The second kappa shape index (κ2) is 4.08. The average molecular weight is 223 g/mol. The van der Waals surface area contributed by atoms with E-state index in [1.54, 1.807) is 11.3 Å². The molecule has 0 aliphatic carbocycles. The molecule has 0 saturated heterocycles. The molecule has 2 aromatic rings. The molecular weight excluding hydrogens is 210 g/mol. The van der Waals surface area contributed by atoms with Crippen molar-refractivity contribution in [1.82, 2.24) is 20.2 Å². The van der Waals surface area contributed by atoms with Crippen LogP contribution in [0.2, 0.25) is 0 Å². The number of thiazole rings is 1. The molecule has 0 atom stereocenters. The van der Waals surface area contributed by atoms with Gasteiger partial charge in [0.05, 0.1) is 10.6 Å². The summed E-state index contributed by atoms with van der Waals surface area (Å²) in [6.45, 7) is 4.46. The topological polar surface area (TPSA) is 80.5 Å². The van der Waals surface area contributed by atoms with Crippen LogP contribution in [0, 0.1) is 6.92 Å². The lowest BCUT2D eigenvalue weighted by atomic mass is 10.4. The van der Waals surface area contributed by atoms with E-state index in [-0.39, 0.29) is 0 Å². The summed E-state index contributed by atoms with van der Waals surface area (Å²) in [4.78, 5) is 9.72. The molecule has 80 valence electrons. The number of hydrogen-bond donors (Lipinski definition) is 2. The van der Waals surface area contributed by atoms with E-state index in [0.717, 1.165) is 33.6 Å². The number of nitrogens with zero attached hydrogens (tertiary/aromatic N) is 3. The predicted octanol–water partition coefficient (Wildman–Crippen LogP) is 1.26. The zero-order valence-electron chi connectivity index (χ0n) is 8.74. The zero-order chi connectivity index (χ0) is 10.8. The number of hydrogen-bond acceptors (Lipinski definition) is 5. The summed E-state index contributed by atoms with van der Waals surface area (Å²) < 4.78 is 0. The van der Waals surface area contributed by atoms with Gasteiger partial charge in [0.1, 0.15) is 10.8 Å².